The largest absolute Gasteiger partial charge is 0.478 e. The molecule has 1 fully saturated rings. The Kier molecular flexibility index (Phi) is 5.95. The lowest BCUT2D eigenvalue weighted by Gasteiger charge is -2.23. The molecule has 120 valence electrons. The minimum atomic E-state index is -0.941. The molecular formula is C17H23NO4. The molecule has 1 atom stereocenters. The lowest BCUT2D eigenvalue weighted by molar-refractivity contribution is -0.131. The first-order valence-electron chi connectivity index (χ1n) is 7.74. The number of amides is 1. The van der Waals surface area contributed by atoms with Crippen LogP contribution in [-0.2, 0) is 16.1 Å². The van der Waals surface area contributed by atoms with Crippen LogP contribution in [0.15, 0.2) is 24.3 Å². The van der Waals surface area contributed by atoms with Crippen LogP contribution >= 0.6 is 0 Å². The maximum absolute atomic E-state index is 12.1. The number of aromatic carboxylic acids is 1. The highest BCUT2D eigenvalue weighted by molar-refractivity contribution is 5.87. The van der Waals surface area contributed by atoms with Crippen LogP contribution in [0, 0.1) is 0 Å². The van der Waals surface area contributed by atoms with Crippen molar-refractivity contribution < 1.29 is 19.4 Å². The number of carboxylic acid groups (broad SMARTS) is 1. The van der Waals surface area contributed by atoms with Crippen molar-refractivity contribution in [2.24, 2.45) is 0 Å². The minimum absolute atomic E-state index is 0.0940. The van der Waals surface area contributed by atoms with E-state index in [4.69, 9.17) is 9.84 Å². The van der Waals surface area contributed by atoms with Crippen molar-refractivity contribution in [2.45, 2.75) is 44.8 Å². The zero-order valence-electron chi connectivity index (χ0n) is 13.0. The first kappa shape index (κ1) is 16.5. The molecule has 5 nitrogen and oxygen atoms in total. The topological polar surface area (TPSA) is 66.8 Å². The molecule has 1 N–H and O–H groups in total. The Morgan fingerprint density at radius 3 is 2.59 bits per heavy atom. The Bertz CT molecular complexity index is 506. The standard InChI is InChI=1S/C17H23NO4/c1-18(12-13-5-7-14(8-6-13)17(20)21)16(19)10-9-15-4-2-3-11-22-15/h5-8,15H,2-4,9-12H2,1H3,(H,20,21). The molecule has 1 unspecified atom stereocenters. The molecular weight excluding hydrogens is 282 g/mol. The number of nitrogens with zero attached hydrogens (tertiary/aromatic N) is 1. The van der Waals surface area contributed by atoms with Crippen LogP contribution < -0.4 is 0 Å². The monoisotopic (exact) mass is 305 g/mol. The van der Waals surface area contributed by atoms with E-state index in [0.717, 1.165) is 31.4 Å². The van der Waals surface area contributed by atoms with Crippen LogP contribution in [0.4, 0.5) is 0 Å². The maximum atomic E-state index is 12.1. The highest BCUT2D eigenvalue weighted by Crippen LogP contribution is 2.17. The second-order valence-corrected chi connectivity index (χ2v) is 5.78. The van der Waals surface area contributed by atoms with Gasteiger partial charge in [-0.3, -0.25) is 4.79 Å². The highest BCUT2D eigenvalue weighted by Gasteiger charge is 2.17. The van der Waals surface area contributed by atoms with E-state index in [9.17, 15) is 9.59 Å². The Balaban J connectivity index is 1.78. The Morgan fingerprint density at radius 2 is 2.00 bits per heavy atom. The summed E-state index contributed by atoms with van der Waals surface area (Å²) >= 11 is 0. The van der Waals surface area contributed by atoms with Crippen LogP contribution in [0.5, 0.6) is 0 Å². The quantitative estimate of drug-likeness (QED) is 0.877. The number of carbonyl (C=O) groups excluding carboxylic acids is 1. The predicted octanol–water partition coefficient (Wildman–Crippen LogP) is 2.69. The molecule has 0 aromatic heterocycles. The molecule has 1 aromatic rings. The van der Waals surface area contributed by atoms with Crippen LogP contribution in [0.2, 0.25) is 0 Å². The third-order valence-electron chi connectivity index (χ3n) is 4.00. The molecule has 0 radical (unpaired) electrons. The average molecular weight is 305 g/mol. The fraction of sp³-hybridized carbons (Fsp3) is 0.529. The second kappa shape index (κ2) is 7.94. The van der Waals surface area contributed by atoms with Gasteiger partial charge in [0.2, 0.25) is 5.91 Å². The van der Waals surface area contributed by atoms with Gasteiger partial charge in [0.05, 0.1) is 11.7 Å². The Morgan fingerprint density at radius 1 is 1.27 bits per heavy atom. The maximum Gasteiger partial charge on any atom is 0.335 e. The smallest absolute Gasteiger partial charge is 0.335 e. The SMILES string of the molecule is CN(Cc1ccc(C(=O)O)cc1)C(=O)CCC1CCCCO1. The molecule has 1 aliphatic heterocycles. The van der Waals surface area contributed by atoms with Crippen molar-refractivity contribution in [3.05, 3.63) is 35.4 Å². The van der Waals surface area contributed by atoms with Gasteiger partial charge in [0.15, 0.2) is 0 Å². The van der Waals surface area contributed by atoms with Gasteiger partial charge in [-0.05, 0) is 43.4 Å². The third-order valence-corrected chi connectivity index (χ3v) is 4.00. The average Bonchev–Trinajstić information content (AvgIpc) is 2.54. The summed E-state index contributed by atoms with van der Waals surface area (Å²) in [6, 6.07) is 6.62. The zero-order chi connectivity index (χ0) is 15.9. The number of rotatable bonds is 6. The Hall–Kier alpha value is -1.88. The summed E-state index contributed by atoms with van der Waals surface area (Å²) < 4.78 is 5.64. The predicted molar refractivity (Wildman–Crippen MR) is 82.7 cm³/mol. The van der Waals surface area contributed by atoms with E-state index in [0.29, 0.717) is 13.0 Å². The number of hydrogen-bond donors (Lipinski definition) is 1. The van der Waals surface area contributed by atoms with E-state index < -0.39 is 5.97 Å². The number of hydrogen-bond acceptors (Lipinski definition) is 3. The molecule has 1 saturated heterocycles. The van der Waals surface area contributed by atoms with Gasteiger partial charge in [-0.25, -0.2) is 4.79 Å². The van der Waals surface area contributed by atoms with Gasteiger partial charge in [-0.2, -0.15) is 0 Å². The molecule has 0 bridgehead atoms. The first-order valence-corrected chi connectivity index (χ1v) is 7.74. The molecule has 0 aliphatic carbocycles. The van der Waals surface area contributed by atoms with Crippen LogP contribution in [0.1, 0.15) is 48.0 Å². The van der Waals surface area contributed by atoms with E-state index in [-0.39, 0.29) is 17.6 Å². The number of benzene rings is 1. The number of carboxylic acids is 1. The summed E-state index contributed by atoms with van der Waals surface area (Å²) in [6.45, 7) is 1.30. The summed E-state index contributed by atoms with van der Waals surface area (Å²) in [5, 5.41) is 8.86. The minimum Gasteiger partial charge on any atom is -0.478 e. The second-order valence-electron chi connectivity index (χ2n) is 5.78. The zero-order valence-corrected chi connectivity index (χ0v) is 13.0. The van der Waals surface area contributed by atoms with Gasteiger partial charge in [-0.15, -0.1) is 0 Å². The Labute approximate surface area is 130 Å². The van der Waals surface area contributed by atoms with Crippen molar-refractivity contribution in [3.8, 4) is 0 Å². The van der Waals surface area contributed by atoms with E-state index in [1.165, 1.54) is 6.42 Å². The van der Waals surface area contributed by atoms with Crippen molar-refractivity contribution >= 4 is 11.9 Å². The van der Waals surface area contributed by atoms with Gasteiger partial charge in [0.25, 0.3) is 0 Å². The van der Waals surface area contributed by atoms with Crippen LogP contribution in [0.25, 0.3) is 0 Å². The highest BCUT2D eigenvalue weighted by atomic mass is 16.5. The summed E-state index contributed by atoms with van der Waals surface area (Å²) in [5.74, 6) is -0.847. The van der Waals surface area contributed by atoms with Crippen molar-refractivity contribution in [3.63, 3.8) is 0 Å². The molecule has 0 saturated carbocycles. The molecule has 0 spiro atoms. The normalized spacial score (nSPS) is 18.0. The van der Waals surface area contributed by atoms with Crippen molar-refractivity contribution in [2.75, 3.05) is 13.7 Å². The molecule has 1 aliphatic rings. The summed E-state index contributed by atoms with van der Waals surface area (Å²) in [5.41, 5.74) is 1.18. The van der Waals surface area contributed by atoms with Gasteiger partial charge in [-0.1, -0.05) is 12.1 Å². The van der Waals surface area contributed by atoms with Crippen LogP contribution in [0.3, 0.4) is 0 Å². The van der Waals surface area contributed by atoms with Crippen molar-refractivity contribution in [1.29, 1.82) is 0 Å². The van der Waals surface area contributed by atoms with Gasteiger partial charge in [0, 0.05) is 26.6 Å². The first-order chi connectivity index (χ1) is 10.6. The van der Waals surface area contributed by atoms with E-state index >= 15 is 0 Å². The summed E-state index contributed by atoms with van der Waals surface area (Å²) in [7, 11) is 1.77. The molecule has 1 heterocycles. The van der Waals surface area contributed by atoms with Crippen LogP contribution in [-0.4, -0.2) is 41.6 Å². The summed E-state index contributed by atoms with van der Waals surface area (Å²) in [6.07, 6.45) is 4.85. The fourth-order valence-electron chi connectivity index (χ4n) is 2.63. The van der Waals surface area contributed by atoms with Gasteiger partial charge >= 0.3 is 5.97 Å². The summed E-state index contributed by atoms with van der Waals surface area (Å²) in [4.78, 5) is 24.6. The molecule has 5 heteroatoms. The third kappa shape index (κ3) is 4.84. The lowest BCUT2D eigenvalue weighted by Crippen LogP contribution is -2.28. The fourth-order valence-corrected chi connectivity index (χ4v) is 2.63. The molecule has 1 amide bonds. The van der Waals surface area contributed by atoms with E-state index in [2.05, 4.69) is 0 Å². The molecule has 1 aromatic carbocycles. The van der Waals surface area contributed by atoms with E-state index in [1.54, 1.807) is 36.2 Å². The number of carbonyl (C=O) groups is 2. The van der Waals surface area contributed by atoms with Gasteiger partial charge in [0.1, 0.15) is 0 Å². The molecule has 22 heavy (non-hydrogen) atoms. The van der Waals surface area contributed by atoms with Crippen molar-refractivity contribution in [1.82, 2.24) is 4.90 Å². The van der Waals surface area contributed by atoms with E-state index in [1.807, 2.05) is 0 Å². The number of ether oxygens (including phenoxy) is 1. The molecule has 2 rings (SSSR count). The van der Waals surface area contributed by atoms with Gasteiger partial charge < -0.3 is 14.7 Å². The lowest BCUT2D eigenvalue weighted by atomic mass is 10.0.